The van der Waals surface area contributed by atoms with E-state index in [1.807, 2.05) is 11.4 Å². The molecule has 3 heterocycles. The summed E-state index contributed by atoms with van der Waals surface area (Å²) in [6.45, 7) is 1.11. The van der Waals surface area contributed by atoms with E-state index < -0.39 is 5.54 Å². The molecule has 1 aromatic rings. The van der Waals surface area contributed by atoms with Crippen molar-refractivity contribution < 1.29 is 14.3 Å². The Kier molecular flexibility index (Phi) is 3.04. The van der Waals surface area contributed by atoms with E-state index in [-0.39, 0.29) is 18.0 Å². The van der Waals surface area contributed by atoms with Crippen LogP contribution in [0.2, 0.25) is 0 Å². The number of imide groups is 1. The Labute approximate surface area is 127 Å². The highest BCUT2D eigenvalue weighted by molar-refractivity contribution is 7.10. The van der Waals surface area contributed by atoms with E-state index in [2.05, 4.69) is 5.32 Å². The van der Waals surface area contributed by atoms with E-state index in [1.165, 1.54) is 9.78 Å². The highest BCUT2D eigenvalue weighted by atomic mass is 32.1. The second-order valence-electron chi connectivity index (χ2n) is 6.00. The van der Waals surface area contributed by atoms with Crippen LogP contribution in [0.3, 0.4) is 0 Å². The number of thiophene rings is 1. The summed E-state index contributed by atoms with van der Waals surface area (Å²) in [5.41, 5.74) is 0.190. The third-order valence-corrected chi connectivity index (χ3v) is 5.73. The summed E-state index contributed by atoms with van der Waals surface area (Å²) in [7, 11) is 0. The fraction of sp³-hybridized carbons (Fsp3) is 0.600. The van der Waals surface area contributed by atoms with Crippen LogP contribution < -0.4 is 5.32 Å². The molecule has 1 aromatic heterocycles. The number of ether oxygens (including phenoxy) is 1. The van der Waals surface area contributed by atoms with Crippen molar-refractivity contribution in [3.63, 3.8) is 0 Å². The van der Waals surface area contributed by atoms with Crippen molar-refractivity contribution in [2.45, 2.75) is 43.7 Å². The topological polar surface area (TPSA) is 58.6 Å². The van der Waals surface area contributed by atoms with Crippen LogP contribution >= 0.6 is 11.3 Å². The fourth-order valence-electron chi connectivity index (χ4n) is 3.70. The lowest BCUT2D eigenvalue weighted by Crippen LogP contribution is -2.46. The molecule has 2 fully saturated rings. The Morgan fingerprint density at radius 3 is 3.14 bits per heavy atom. The molecular formula is C15H18N2O3S. The normalized spacial score (nSPS) is 31.8. The molecule has 2 saturated heterocycles. The first kappa shape index (κ1) is 13.3. The number of nitrogens with zero attached hydrogens (tertiary/aromatic N) is 1. The van der Waals surface area contributed by atoms with Gasteiger partial charge in [-0.15, -0.1) is 11.3 Å². The minimum atomic E-state index is -0.816. The molecule has 2 atom stereocenters. The Hall–Kier alpha value is -1.40. The highest BCUT2D eigenvalue weighted by Crippen LogP contribution is 2.42. The summed E-state index contributed by atoms with van der Waals surface area (Å²) in [5.74, 6) is -0.0950. The first-order valence-electron chi connectivity index (χ1n) is 7.53. The number of nitrogens with one attached hydrogen (secondary N) is 1. The van der Waals surface area contributed by atoms with Crippen molar-refractivity contribution in [1.82, 2.24) is 10.2 Å². The van der Waals surface area contributed by atoms with Crippen molar-refractivity contribution in [2.75, 3.05) is 13.2 Å². The lowest BCUT2D eigenvalue weighted by molar-refractivity contribution is -0.133. The number of urea groups is 1. The molecule has 2 aliphatic heterocycles. The van der Waals surface area contributed by atoms with E-state index in [1.54, 1.807) is 11.3 Å². The standard InChI is InChI=1S/C15H18N2O3S/c18-13-15(6-1-4-12-11(15)5-8-21-12)16-14(19)17(13)9-10-3-2-7-20-10/h5,8,10H,1-4,6-7,9H2,(H,16,19)/t10-,15+/m1/s1. The predicted octanol–water partition coefficient (Wildman–Crippen LogP) is 2.01. The second kappa shape index (κ2) is 4.81. The van der Waals surface area contributed by atoms with Crippen LogP contribution in [0, 0.1) is 0 Å². The smallest absolute Gasteiger partial charge is 0.325 e. The van der Waals surface area contributed by atoms with Gasteiger partial charge in [0.25, 0.3) is 5.91 Å². The van der Waals surface area contributed by atoms with Gasteiger partial charge in [-0.3, -0.25) is 9.69 Å². The molecule has 5 nitrogen and oxygen atoms in total. The van der Waals surface area contributed by atoms with Crippen molar-refractivity contribution in [3.05, 3.63) is 21.9 Å². The third kappa shape index (κ3) is 1.92. The van der Waals surface area contributed by atoms with Crippen LogP contribution in [-0.2, 0) is 21.5 Å². The summed E-state index contributed by atoms with van der Waals surface area (Å²) < 4.78 is 5.57. The number of aryl methyl sites for hydroxylation is 1. The van der Waals surface area contributed by atoms with Gasteiger partial charge in [-0.25, -0.2) is 4.79 Å². The molecule has 0 bridgehead atoms. The van der Waals surface area contributed by atoms with Gasteiger partial charge in [-0.05, 0) is 43.6 Å². The average molecular weight is 306 g/mol. The molecule has 1 aliphatic carbocycles. The number of carbonyl (C=O) groups is 2. The molecule has 0 saturated carbocycles. The van der Waals surface area contributed by atoms with Gasteiger partial charge in [0.2, 0.25) is 0 Å². The van der Waals surface area contributed by atoms with Crippen LogP contribution in [0.4, 0.5) is 4.79 Å². The Morgan fingerprint density at radius 1 is 1.43 bits per heavy atom. The van der Waals surface area contributed by atoms with Crippen LogP contribution in [0.25, 0.3) is 0 Å². The van der Waals surface area contributed by atoms with Crippen LogP contribution in [0.5, 0.6) is 0 Å². The zero-order chi connectivity index (χ0) is 14.4. The number of hydrogen-bond donors (Lipinski definition) is 1. The molecule has 0 radical (unpaired) electrons. The number of rotatable bonds is 2. The number of fused-ring (bicyclic) bond motifs is 2. The third-order valence-electron chi connectivity index (χ3n) is 4.75. The van der Waals surface area contributed by atoms with Crippen LogP contribution in [-0.4, -0.2) is 36.1 Å². The summed E-state index contributed by atoms with van der Waals surface area (Å²) in [4.78, 5) is 27.8. The molecule has 6 heteroatoms. The quantitative estimate of drug-likeness (QED) is 0.850. The highest BCUT2D eigenvalue weighted by Gasteiger charge is 2.54. The van der Waals surface area contributed by atoms with Crippen molar-refractivity contribution >= 4 is 23.3 Å². The minimum Gasteiger partial charge on any atom is -0.376 e. The molecule has 112 valence electrons. The van der Waals surface area contributed by atoms with Gasteiger partial charge in [0, 0.05) is 17.0 Å². The Bertz CT molecular complexity index is 593. The maximum absolute atomic E-state index is 12.9. The van der Waals surface area contributed by atoms with Gasteiger partial charge >= 0.3 is 6.03 Å². The summed E-state index contributed by atoms with van der Waals surface area (Å²) in [5, 5.41) is 4.99. The largest absolute Gasteiger partial charge is 0.376 e. The molecule has 3 aliphatic rings. The lowest BCUT2D eigenvalue weighted by atomic mass is 9.80. The first-order chi connectivity index (χ1) is 10.2. The predicted molar refractivity (Wildman–Crippen MR) is 78.2 cm³/mol. The average Bonchev–Trinajstić information content (AvgIpc) is 3.18. The van der Waals surface area contributed by atoms with Crippen molar-refractivity contribution in [3.8, 4) is 0 Å². The van der Waals surface area contributed by atoms with Gasteiger partial charge in [-0.1, -0.05) is 0 Å². The maximum atomic E-state index is 12.9. The van der Waals surface area contributed by atoms with Gasteiger partial charge in [0.1, 0.15) is 5.54 Å². The molecule has 0 aromatic carbocycles. The van der Waals surface area contributed by atoms with E-state index in [4.69, 9.17) is 4.74 Å². The van der Waals surface area contributed by atoms with E-state index >= 15 is 0 Å². The first-order valence-corrected chi connectivity index (χ1v) is 8.41. The number of hydrogen-bond acceptors (Lipinski definition) is 4. The van der Waals surface area contributed by atoms with Gasteiger partial charge < -0.3 is 10.1 Å². The zero-order valence-corrected chi connectivity index (χ0v) is 12.6. The Morgan fingerprint density at radius 2 is 2.33 bits per heavy atom. The van der Waals surface area contributed by atoms with E-state index in [0.717, 1.165) is 37.9 Å². The van der Waals surface area contributed by atoms with E-state index in [0.29, 0.717) is 13.0 Å². The zero-order valence-electron chi connectivity index (χ0n) is 11.8. The molecule has 3 amide bonds. The number of carbonyl (C=O) groups excluding carboxylic acids is 2. The molecule has 1 spiro atoms. The van der Waals surface area contributed by atoms with Gasteiger partial charge in [0.15, 0.2) is 0 Å². The summed E-state index contributed by atoms with van der Waals surface area (Å²) in [6, 6.07) is 1.72. The van der Waals surface area contributed by atoms with Crippen LogP contribution in [0.15, 0.2) is 11.4 Å². The fourth-order valence-corrected chi connectivity index (χ4v) is 4.70. The SMILES string of the molecule is O=C1N[C@]2(CCCc3sccc32)C(=O)N1C[C@H]1CCCO1. The van der Waals surface area contributed by atoms with E-state index in [9.17, 15) is 9.59 Å². The number of amides is 3. The molecule has 1 N–H and O–H groups in total. The lowest BCUT2D eigenvalue weighted by Gasteiger charge is -2.31. The molecule has 21 heavy (non-hydrogen) atoms. The van der Waals surface area contributed by atoms with Crippen LogP contribution in [0.1, 0.15) is 36.1 Å². The van der Waals surface area contributed by atoms with Crippen molar-refractivity contribution in [2.24, 2.45) is 0 Å². The molecule has 4 rings (SSSR count). The molecular weight excluding hydrogens is 288 g/mol. The van der Waals surface area contributed by atoms with Gasteiger partial charge in [-0.2, -0.15) is 0 Å². The second-order valence-corrected chi connectivity index (χ2v) is 7.00. The van der Waals surface area contributed by atoms with Gasteiger partial charge in [0.05, 0.1) is 12.6 Å². The van der Waals surface area contributed by atoms with Crippen molar-refractivity contribution in [1.29, 1.82) is 0 Å². The summed E-state index contributed by atoms with van der Waals surface area (Å²) >= 11 is 1.68. The minimum absolute atomic E-state index is 0.000357. The Balaban J connectivity index is 1.64. The summed E-state index contributed by atoms with van der Waals surface area (Å²) in [6.07, 6.45) is 4.57. The monoisotopic (exact) mass is 306 g/mol. The maximum Gasteiger partial charge on any atom is 0.325 e. The molecule has 0 unspecified atom stereocenters.